The van der Waals surface area contributed by atoms with E-state index < -0.39 is 18.4 Å². The molecule has 0 radical (unpaired) electrons. The van der Waals surface area contributed by atoms with Gasteiger partial charge in [0.05, 0.1) is 11.6 Å². The molecule has 0 heterocycles. The van der Waals surface area contributed by atoms with Crippen LogP contribution in [0, 0.1) is 5.92 Å². The molecule has 1 aliphatic carbocycles. The van der Waals surface area contributed by atoms with Gasteiger partial charge in [0.25, 0.3) is 0 Å². The SMILES string of the molecule is CC(=O)Nc1ccc(C(=O)COC(=O)[C@H]2CC=CCC2)c(NC(C)=O)c1. The molecule has 1 atom stereocenters. The molecule has 0 aromatic heterocycles. The second-order valence-corrected chi connectivity index (χ2v) is 6.14. The van der Waals surface area contributed by atoms with Gasteiger partial charge in [-0.15, -0.1) is 0 Å². The Balaban J connectivity index is 2.08. The number of rotatable bonds is 6. The minimum atomic E-state index is -0.428. The zero-order chi connectivity index (χ0) is 19.1. The van der Waals surface area contributed by atoms with E-state index in [0.29, 0.717) is 18.5 Å². The molecule has 0 fully saturated rings. The number of benzene rings is 1. The van der Waals surface area contributed by atoms with Crippen LogP contribution in [0.2, 0.25) is 0 Å². The number of amides is 2. The lowest BCUT2D eigenvalue weighted by molar-refractivity contribution is -0.147. The van der Waals surface area contributed by atoms with Crippen LogP contribution in [0.5, 0.6) is 0 Å². The van der Waals surface area contributed by atoms with Crippen molar-refractivity contribution in [2.45, 2.75) is 33.1 Å². The van der Waals surface area contributed by atoms with E-state index in [1.54, 1.807) is 6.07 Å². The van der Waals surface area contributed by atoms with Crippen molar-refractivity contribution in [1.29, 1.82) is 0 Å². The molecule has 2 N–H and O–H groups in total. The van der Waals surface area contributed by atoms with Crippen LogP contribution in [-0.2, 0) is 19.1 Å². The molecule has 0 saturated carbocycles. The van der Waals surface area contributed by atoms with E-state index in [4.69, 9.17) is 4.74 Å². The van der Waals surface area contributed by atoms with Crippen molar-refractivity contribution in [1.82, 2.24) is 0 Å². The monoisotopic (exact) mass is 358 g/mol. The molecular formula is C19H22N2O5. The molecule has 0 spiro atoms. The highest BCUT2D eigenvalue weighted by atomic mass is 16.5. The maximum absolute atomic E-state index is 12.4. The number of hydrogen-bond donors (Lipinski definition) is 2. The quantitative estimate of drug-likeness (QED) is 0.462. The van der Waals surface area contributed by atoms with Crippen molar-refractivity contribution in [3.63, 3.8) is 0 Å². The van der Waals surface area contributed by atoms with Crippen LogP contribution in [0.1, 0.15) is 43.5 Å². The first kappa shape index (κ1) is 19.4. The van der Waals surface area contributed by atoms with Crippen molar-refractivity contribution >= 4 is 34.9 Å². The van der Waals surface area contributed by atoms with Gasteiger partial charge in [0.2, 0.25) is 17.6 Å². The fourth-order valence-electron chi connectivity index (χ4n) is 2.70. The summed E-state index contributed by atoms with van der Waals surface area (Å²) in [5, 5.41) is 5.14. The van der Waals surface area contributed by atoms with Gasteiger partial charge >= 0.3 is 5.97 Å². The third-order valence-electron chi connectivity index (χ3n) is 3.90. The Morgan fingerprint density at radius 2 is 1.81 bits per heavy atom. The van der Waals surface area contributed by atoms with Gasteiger partial charge in [-0.2, -0.15) is 0 Å². The van der Waals surface area contributed by atoms with E-state index in [1.165, 1.54) is 26.0 Å². The Bertz CT molecular complexity index is 754. The molecule has 26 heavy (non-hydrogen) atoms. The van der Waals surface area contributed by atoms with Crippen molar-refractivity contribution in [2.24, 2.45) is 5.92 Å². The van der Waals surface area contributed by atoms with Crippen molar-refractivity contribution in [3.05, 3.63) is 35.9 Å². The Morgan fingerprint density at radius 3 is 2.42 bits per heavy atom. The molecule has 0 bridgehead atoms. The Morgan fingerprint density at radius 1 is 1.08 bits per heavy atom. The van der Waals surface area contributed by atoms with E-state index in [-0.39, 0.29) is 29.0 Å². The fourth-order valence-corrected chi connectivity index (χ4v) is 2.70. The molecule has 2 rings (SSSR count). The van der Waals surface area contributed by atoms with Crippen LogP contribution < -0.4 is 10.6 Å². The fraction of sp³-hybridized carbons (Fsp3) is 0.368. The number of ketones is 1. The summed E-state index contributed by atoms with van der Waals surface area (Å²) in [5.74, 6) is -1.66. The molecule has 0 unspecified atom stereocenters. The van der Waals surface area contributed by atoms with Gasteiger partial charge in [0, 0.05) is 25.1 Å². The number of Topliss-reactive ketones (excluding diaryl/α,β-unsaturated/α-hetero) is 1. The molecule has 1 aromatic rings. The second-order valence-electron chi connectivity index (χ2n) is 6.14. The van der Waals surface area contributed by atoms with Crippen LogP contribution >= 0.6 is 0 Å². The summed E-state index contributed by atoms with van der Waals surface area (Å²) >= 11 is 0. The molecule has 7 heteroatoms. The standard InChI is InChI=1S/C19H22N2O5/c1-12(22)20-15-8-9-16(17(10-15)21-13(2)23)18(24)11-26-19(25)14-6-4-3-5-7-14/h3-4,8-10,14H,5-7,11H2,1-2H3,(H,20,22)(H,21,23)/t14-/m0/s1. The van der Waals surface area contributed by atoms with Gasteiger partial charge in [0.15, 0.2) is 6.61 Å². The van der Waals surface area contributed by atoms with E-state index in [2.05, 4.69) is 10.6 Å². The second kappa shape index (κ2) is 8.94. The minimum absolute atomic E-state index is 0.214. The summed E-state index contributed by atoms with van der Waals surface area (Å²) in [4.78, 5) is 47.0. The Kier molecular flexibility index (Phi) is 6.66. The summed E-state index contributed by atoms with van der Waals surface area (Å²) in [7, 11) is 0. The van der Waals surface area contributed by atoms with Crippen LogP contribution in [0.25, 0.3) is 0 Å². The van der Waals surface area contributed by atoms with Crippen LogP contribution in [0.15, 0.2) is 30.4 Å². The highest BCUT2D eigenvalue weighted by Gasteiger charge is 2.22. The predicted molar refractivity (Wildman–Crippen MR) is 96.8 cm³/mol. The van der Waals surface area contributed by atoms with Gasteiger partial charge in [-0.05, 0) is 37.5 Å². The van der Waals surface area contributed by atoms with Gasteiger partial charge in [0.1, 0.15) is 0 Å². The third-order valence-corrected chi connectivity index (χ3v) is 3.90. The van der Waals surface area contributed by atoms with E-state index in [0.717, 1.165) is 6.42 Å². The summed E-state index contributed by atoms with van der Waals surface area (Å²) in [5.41, 5.74) is 0.917. The molecule has 1 aliphatic rings. The zero-order valence-corrected chi connectivity index (χ0v) is 14.8. The van der Waals surface area contributed by atoms with Crippen molar-refractivity contribution in [2.75, 3.05) is 17.2 Å². The number of nitrogens with one attached hydrogen (secondary N) is 2. The Labute approximate surface area is 151 Å². The van der Waals surface area contributed by atoms with Crippen molar-refractivity contribution < 1.29 is 23.9 Å². The average Bonchev–Trinajstić information content (AvgIpc) is 2.59. The maximum Gasteiger partial charge on any atom is 0.309 e. The largest absolute Gasteiger partial charge is 0.457 e. The number of esters is 1. The van der Waals surface area contributed by atoms with Crippen LogP contribution in [0.3, 0.4) is 0 Å². The normalized spacial score (nSPS) is 15.8. The van der Waals surface area contributed by atoms with Gasteiger partial charge in [-0.25, -0.2) is 0 Å². The molecule has 1 aromatic carbocycles. The number of ether oxygens (including phenoxy) is 1. The third kappa shape index (κ3) is 5.54. The summed E-state index contributed by atoms with van der Waals surface area (Å²) in [6.07, 6.45) is 6.12. The number of carbonyl (C=O) groups excluding carboxylic acids is 4. The highest BCUT2D eigenvalue weighted by molar-refractivity contribution is 6.06. The molecule has 0 saturated heterocycles. The van der Waals surface area contributed by atoms with E-state index >= 15 is 0 Å². The summed E-state index contributed by atoms with van der Waals surface area (Å²) < 4.78 is 5.15. The predicted octanol–water partition coefficient (Wildman–Crippen LogP) is 2.69. The van der Waals surface area contributed by atoms with Crippen LogP contribution in [-0.4, -0.2) is 30.2 Å². The smallest absolute Gasteiger partial charge is 0.309 e. The molecule has 2 amide bonds. The minimum Gasteiger partial charge on any atom is -0.457 e. The lowest BCUT2D eigenvalue weighted by Gasteiger charge is -2.16. The zero-order valence-electron chi connectivity index (χ0n) is 14.8. The van der Waals surface area contributed by atoms with E-state index in [9.17, 15) is 19.2 Å². The molecular weight excluding hydrogens is 336 g/mol. The first-order valence-electron chi connectivity index (χ1n) is 8.41. The average molecular weight is 358 g/mol. The first-order chi connectivity index (χ1) is 12.4. The topological polar surface area (TPSA) is 102 Å². The number of anilines is 2. The van der Waals surface area contributed by atoms with E-state index in [1.807, 2.05) is 12.2 Å². The summed E-state index contributed by atoms with van der Waals surface area (Å²) in [6, 6.07) is 4.52. The first-order valence-corrected chi connectivity index (χ1v) is 8.41. The van der Waals surface area contributed by atoms with Gasteiger partial charge in [-0.1, -0.05) is 12.2 Å². The maximum atomic E-state index is 12.4. The lowest BCUT2D eigenvalue weighted by atomic mass is 9.95. The van der Waals surface area contributed by atoms with Gasteiger partial charge in [-0.3, -0.25) is 19.2 Å². The number of carbonyl (C=O) groups is 4. The van der Waals surface area contributed by atoms with Crippen LogP contribution in [0.4, 0.5) is 11.4 Å². The van der Waals surface area contributed by atoms with Crippen molar-refractivity contribution in [3.8, 4) is 0 Å². The Hall–Kier alpha value is -2.96. The lowest BCUT2D eigenvalue weighted by Crippen LogP contribution is -2.23. The molecule has 0 aliphatic heterocycles. The molecule has 138 valence electrons. The number of allylic oxidation sites excluding steroid dienone is 2. The van der Waals surface area contributed by atoms with Gasteiger partial charge < -0.3 is 15.4 Å². The highest BCUT2D eigenvalue weighted by Crippen LogP contribution is 2.23. The number of hydrogen-bond acceptors (Lipinski definition) is 5. The molecule has 7 nitrogen and oxygen atoms in total. The summed E-state index contributed by atoms with van der Waals surface area (Å²) in [6.45, 7) is 2.28.